The zero-order valence-corrected chi connectivity index (χ0v) is 13.9. The molecule has 124 valence electrons. The van der Waals surface area contributed by atoms with Crippen molar-refractivity contribution in [3.63, 3.8) is 0 Å². The summed E-state index contributed by atoms with van der Waals surface area (Å²) in [6.07, 6.45) is 0.734. The first kappa shape index (κ1) is 15.5. The lowest BCUT2D eigenvalue weighted by Gasteiger charge is -2.15. The first-order chi connectivity index (χ1) is 12.3. The third-order valence-electron chi connectivity index (χ3n) is 4.48. The highest BCUT2D eigenvalue weighted by molar-refractivity contribution is 5.96. The van der Waals surface area contributed by atoms with E-state index < -0.39 is 0 Å². The Bertz CT molecular complexity index is 1110. The number of rotatable bonds is 4. The molecule has 3 aromatic carbocycles. The van der Waals surface area contributed by atoms with Crippen molar-refractivity contribution in [1.82, 2.24) is 9.55 Å². The molecule has 0 aliphatic rings. The van der Waals surface area contributed by atoms with E-state index in [2.05, 4.69) is 18.2 Å². The Balaban J connectivity index is 2.07. The van der Waals surface area contributed by atoms with Crippen LogP contribution in [0.15, 0.2) is 71.5 Å². The summed E-state index contributed by atoms with van der Waals surface area (Å²) in [5, 5.41) is 2.87. The molecule has 0 saturated carbocycles. The van der Waals surface area contributed by atoms with Crippen molar-refractivity contribution in [2.45, 2.75) is 13.0 Å². The van der Waals surface area contributed by atoms with Crippen LogP contribution in [0.2, 0.25) is 0 Å². The summed E-state index contributed by atoms with van der Waals surface area (Å²) in [6.45, 7) is 1.10. The molecule has 0 unspecified atom stereocenters. The van der Waals surface area contributed by atoms with E-state index in [-0.39, 0.29) is 5.56 Å². The molecule has 4 rings (SSSR count). The van der Waals surface area contributed by atoms with Gasteiger partial charge in [-0.3, -0.25) is 9.36 Å². The Hall–Kier alpha value is -2.98. The number of aromatic nitrogens is 2. The van der Waals surface area contributed by atoms with Crippen molar-refractivity contribution in [1.29, 1.82) is 0 Å². The largest absolute Gasteiger partial charge is 0.330 e. The number of benzene rings is 3. The van der Waals surface area contributed by atoms with Crippen LogP contribution >= 0.6 is 0 Å². The van der Waals surface area contributed by atoms with Crippen LogP contribution in [0, 0.1) is 0 Å². The van der Waals surface area contributed by atoms with Crippen LogP contribution in [0.1, 0.15) is 6.42 Å². The fraction of sp³-hybridized carbons (Fsp3) is 0.143. The minimum atomic E-state index is -0.0121. The van der Waals surface area contributed by atoms with Gasteiger partial charge in [-0.05, 0) is 35.9 Å². The van der Waals surface area contributed by atoms with Gasteiger partial charge in [0.1, 0.15) is 5.82 Å². The van der Waals surface area contributed by atoms with E-state index in [4.69, 9.17) is 10.7 Å². The Kier molecular flexibility index (Phi) is 4.04. The monoisotopic (exact) mass is 329 g/mol. The van der Waals surface area contributed by atoms with Crippen molar-refractivity contribution in [3.8, 4) is 11.4 Å². The maximum absolute atomic E-state index is 13.0. The summed E-state index contributed by atoms with van der Waals surface area (Å²) in [7, 11) is 0. The van der Waals surface area contributed by atoms with Gasteiger partial charge in [0.25, 0.3) is 5.56 Å². The van der Waals surface area contributed by atoms with Crippen LogP contribution in [0.3, 0.4) is 0 Å². The van der Waals surface area contributed by atoms with Crippen LogP contribution in [0.5, 0.6) is 0 Å². The van der Waals surface area contributed by atoms with Crippen molar-refractivity contribution < 1.29 is 0 Å². The van der Waals surface area contributed by atoms with E-state index in [1.807, 2.05) is 48.5 Å². The first-order valence-corrected chi connectivity index (χ1v) is 8.47. The summed E-state index contributed by atoms with van der Waals surface area (Å²) in [5.41, 5.74) is 7.36. The SMILES string of the molecule is NCCCn1c(-c2cccc3ccccc23)nc2ccccc2c1=O. The molecule has 1 aromatic heterocycles. The average Bonchev–Trinajstić information content (AvgIpc) is 2.67. The number of nitrogens with two attached hydrogens (primary N) is 1. The predicted molar refractivity (Wildman–Crippen MR) is 103 cm³/mol. The van der Waals surface area contributed by atoms with E-state index in [0.717, 1.165) is 28.3 Å². The second kappa shape index (κ2) is 6.49. The average molecular weight is 329 g/mol. The van der Waals surface area contributed by atoms with Gasteiger partial charge in [0.15, 0.2) is 0 Å². The molecule has 0 aliphatic carbocycles. The smallest absolute Gasteiger partial charge is 0.261 e. The van der Waals surface area contributed by atoms with Gasteiger partial charge in [0.05, 0.1) is 10.9 Å². The van der Waals surface area contributed by atoms with E-state index in [1.54, 1.807) is 4.57 Å². The van der Waals surface area contributed by atoms with Crippen LogP contribution < -0.4 is 11.3 Å². The molecule has 0 saturated heterocycles. The van der Waals surface area contributed by atoms with Gasteiger partial charge in [-0.15, -0.1) is 0 Å². The molecule has 0 radical (unpaired) electrons. The Morgan fingerprint density at radius 2 is 1.60 bits per heavy atom. The Morgan fingerprint density at radius 3 is 2.44 bits per heavy atom. The topological polar surface area (TPSA) is 60.9 Å². The second-order valence-corrected chi connectivity index (χ2v) is 6.08. The van der Waals surface area contributed by atoms with Crippen molar-refractivity contribution >= 4 is 21.7 Å². The molecule has 25 heavy (non-hydrogen) atoms. The van der Waals surface area contributed by atoms with Crippen LogP contribution in [-0.2, 0) is 6.54 Å². The highest BCUT2D eigenvalue weighted by Gasteiger charge is 2.14. The fourth-order valence-electron chi connectivity index (χ4n) is 3.25. The molecule has 4 aromatic rings. The lowest BCUT2D eigenvalue weighted by atomic mass is 10.0. The summed E-state index contributed by atoms with van der Waals surface area (Å²) in [6, 6.07) is 21.8. The summed E-state index contributed by atoms with van der Waals surface area (Å²) in [4.78, 5) is 17.9. The predicted octanol–water partition coefficient (Wildman–Crippen LogP) is 3.57. The van der Waals surface area contributed by atoms with Crippen LogP contribution in [0.25, 0.3) is 33.1 Å². The normalized spacial score (nSPS) is 11.2. The van der Waals surface area contributed by atoms with Crippen molar-refractivity contribution in [2.24, 2.45) is 5.73 Å². The number of nitrogens with zero attached hydrogens (tertiary/aromatic N) is 2. The number of hydrogen-bond acceptors (Lipinski definition) is 3. The van der Waals surface area contributed by atoms with Gasteiger partial charge in [-0.25, -0.2) is 4.98 Å². The number of fused-ring (bicyclic) bond motifs is 2. The lowest BCUT2D eigenvalue weighted by Crippen LogP contribution is -2.24. The minimum absolute atomic E-state index is 0.0121. The third kappa shape index (κ3) is 2.71. The van der Waals surface area contributed by atoms with Gasteiger partial charge in [0, 0.05) is 12.1 Å². The fourth-order valence-corrected chi connectivity index (χ4v) is 3.25. The maximum Gasteiger partial charge on any atom is 0.261 e. The molecule has 0 bridgehead atoms. The van der Waals surface area contributed by atoms with E-state index in [9.17, 15) is 4.79 Å². The van der Waals surface area contributed by atoms with Crippen LogP contribution in [-0.4, -0.2) is 16.1 Å². The van der Waals surface area contributed by atoms with Crippen LogP contribution in [0.4, 0.5) is 0 Å². The lowest BCUT2D eigenvalue weighted by molar-refractivity contribution is 0.632. The van der Waals surface area contributed by atoms with Crippen molar-refractivity contribution in [3.05, 3.63) is 77.1 Å². The van der Waals surface area contributed by atoms with Gasteiger partial charge in [0.2, 0.25) is 0 Å². The van der Waals surface area contributed by atoms with Gasteiger partial charge >= 0.3 is 0 Å². The molecule has 1 heterocycles. The molecule has 0 fully saturated rings. The Morgan fingerprint density at radius 1 is 0.880 bits per heavy atom. The number of hydrogen-bond donors (Lipinski definition) is 1. The molecule has 4 nitrogen and oxygen atoms in total. The minimum Gasteiger partial charge on any atom is -0.330 e. The van der Waals surface area contributed by atoms with E-state index in [1.165, 1.54) is 0 Å². The molecule has 0 spiro atoms. The maximum atomic E-state index is 13.0. The second-order valence-electron chi connectivity index (χ2n) is 6.08. The molecular weight excluding hydrogens is 310 g/mol. The summed E-state index contributed by atoms with van der Waals surface area (Å²) in [5.74, 6) is 0.703. The third-order valence-corrected chi connectivity index (χ3v) is 4.48. The molecule has 0 aliphatic heterocycles. The highest BCUT2D eigenvalue weighted by atomic mass is 16.1. The zero-order valence-electron chi connectivity index (χ0n) is 13.9. The van der Waals surface area contributed by atoms with Gasteiger partial charge < -0.3 is 5.73 Å². The highest BCUT2D eigenvalue weighted by Crippen LogP contribution is 2.27. The quantitative estimate of drug-likeness (QED) is 0.623. The molecule has 2 N–H and O–H groups in total. The molecular formula is C21H19N3O. The van der Waals surface area contributed by atoms with E-state index in [0.29, 0.717) is 24.3 Å². The number of para-hydroxylation sites is 1. The summed E-state index contributed by atoms with van der Waals surface area (Å²) >= 11 is 0. The molecule has 0 atom stereocenters. The van der Waals surface area contributed by atoms with Crippen molar-refractivity contribution in [2.75, 3.05) is 6.54 Å². The Labute approximate surface area is 145 Å². The molecule has 4 heteroatoms. The summed E-state index contributed by atoms with van der Waals surface area (Å²) < 4.78 is 1.76. The standard InChI is InChI=1S/C21H19N3O/c22-13-6-14-24-20(23-19-12-4-3-10-18(19)21(24)25)17-11-5-8-15-7-1-2-9-16(15)17/h1-5,7-12H,6,13-14,22H2. The first-order valence-electron chi connectivity index (χ1n) is 8.47. The molecule has 0 amide bonds. The van der Waals surface area contributed by atoms with Gasteiger partial charge in [-0.2, -0.15) is 0 Å². The van der Waals surface area contributed by atoms with Gasteiger partial charge in [-0.1, -0.05) is 54.6 Å². The zero-order chi connectivity index (χ0) is 17.2. The van der Waals surface area contributed by atoms with E-state index >= 15 is 0 Å².